The van der Waals surface area contributed by atoms with Crippen molar-refractivity contribution in [3.05, 3.63) is 48.0 Å². The predicted molar refractivity (Wildman–Crippen MR) is 63.7 cm³/mol. The van der Waals surface area contributed by atoms with Crippen LogP contribution >= 0.6 is 0 Å². The van der Waals surface area contributed by atoms with Crippen molar-refractivity contribution in [3.8, 4) is 0 Å². The Morgan fingerprint density at radius 2 is 2.11 bits per heavy atom. The first kappa shape index (κ1) is 12.3. The lowest BCUT2D eigenvalue weighted by Crippen LogP contribution is -2.44. The zero-order chi connectivity index (χ0) is 13.0. The first-order valence-electron chi connectivity index (χ1n) is 5.46. The van der Waals surface area contributed by atoms with Crippen LogP contribution in [0.4, 0.5) is 0 Å². The van der Waals surface area contributed by atoms with E-state index in [4.69, 9.17) is 9.47 Å². The van der Waals surface area contributed by atoms with Crippen LogP contribution in [0.3, 0.4) is 0 Å². The van der Waals surface area contributed by atoms with Gasteiger partial charge < -0.3 is 14.8 Å². The van der Waals surface area contributed by atoms with Crippen LogP contribution in [0.1, 0.15) is 10.4 Å². The number of ether oxygens (including phenoxy) is 2. The highest BCUT2D eigenvalue weighted by atomic mass is 16.7. The van der Waals surface area contributed by atoms with E-state index in [1.54, 1.807) is 24.3 Å². The number of amides is 1. The minimum atomic E-state index is -1.19. The monoisotopic (exact) mass is 247 g/mol. The van der Waals surface area contributed by atoms with Gasteiger partial charge in [0.2, 0.25) is 0 Å². The van der Waals surface area contributed by atoms with Crippen LogP contribution in [0, 0.1) is 0 Å². The van der Waals surface area contributed by atoms with Gasteiger partial charge in [-0.15, -0.1) is 0 Å². The molecule has 1 aliphatic rings. The molecule has 1 atom stereocenters. The van der Waals surface area contributed by atoms with Gasteiger partial charge in [-0.05, 0) is 18.2 Å². The SMILES string of the molecule is COC1(CNC(=O)c2ccccc2)C=CC(=O)O1. The molecule has 0 radical (unpaired) electrons. The maximum absolute atomic E-state index is 11.8. The van der Waals surface area contributed by atoms with Crippen molar-refractivity contribution in [2.45, 2.75) is 5.79 Å². The number of carbonyl (C=O) groups excluding carboxylic acids is 2. The fourth-order valence-corrected chi connectivity index (χ4v) is 1.61. The molecule has 0 bridgehead atoms. The third-order valence-corrected chi connectivity index (χ3v) is 2.62. The number of esters is 1. The summed E-state index contributed by atoms with van der Waals surface area (Å²) in [6.07, 6.45) is 2.76. The molecule has 0 aliphatic carbocycles. The number of nitrogens with one attached hydrogen (secondary N) is 1. The first-order chi connectivity index (χ1) is 8.65. The lowest BCUT2D eigenvalue weighted by molar-refractivity contribution is -0.185. The molecule has 94 valence electrons. The Kier molecular flexibility index (Phi) is 3.43. The quantitative estimate of drug-likeness (QED) is 0.802. The zero-order valence-corrected chi connectivity index (χ0v) is 9.88. The van der Waals surface area contributed by atoms with Gasteiger partial charge in [-0.2, -0.15) is 0 Å². The van der Waals surface area contributed by atoms with Gasteiger partial charge in [-0.3, -0.25) is 4.79 Å². The number of carbonyl (C=O) groups is 2. The Labute approximate surface area is 104 Å². The lowest BCUT2D eigenvalue weighted by atomic mass is 10.2. The van der Waals surface area contributed by atoms with E-state index in [-0.39, 0.29) is 12.5 Å². The van der Waals surface area contributed by atoms with Crippen LogP contribution in [0.25, 0.3) is 0 Å². The number of benzene rings is 1. The summed E-state index contributed by atoms with van der Waals surface area (Å²) in [5, 5.41) is 2.66. The molecule has 0 aromatic heterocycles. The van der Waals surface area contributed by atoms with E-state index in [1.807, 2.05) is 6.07 Å². The molecule has 1 N–H and O–H groups in total. The van der Waals surface area contributed by atoms with Gasteiger partial charge in [0, 0.05) is 18.7 Å². The summed E-state index contributed by atoms with van der Waals surface area (Å²) >= 11 is 0. The molecule has 0 spiro atoms. The highest BCUT2D eigenvalue weighted by Crippen LogP contribution is 2.19. The number of cyclic esters (lactones) is 1. The van der Waals surface area contributed by atoms with Gasteiger partial charge in [0.15, 0.2) is 0 Å². The van der Waals surface area contributed by atoms with Crippen LogP contribution in [-0.4, -0.2) is 31.3 Å². The van der Waals surface area contributed by atoms with Crippen molar-refractivity contribution in [3.63, 3.8) is 0 Å². The molecule has 2 rings (SSSR count). The topological polar surface area (TPSA) is 64.6 Å². The van der Waals surface area contributed by atoms with Crippen molar-refractivity contribution in [2.24, 2.45) is 0 Å². The molecule has 1 aromatic rings. The molecule has 5 nitrogen and oxygen atoms in total. The summed E-state index contributed by atoms with van der Waals surface area (Å²) < 4.78 is 10.1. The molecular weight excluding hydrogens is 234 g/mol. The second-order valence-electron chi connectivity index (χ2n) is 3.82. The highest BCUT2D eigenvalue weighted by molar-refractivity contribution is 5.94. The smallest absolute Gasteiger partial charge is 0.333 e. The molecule has 18 heavy (non-hydrogen) atoms. The van der Waals surface area contributed by atoms with E-state index in [9.17, 15) is 9.59 Å². The fraction of sp³-hybridized carbons (Fsp3) is 0.231. The summed E-state index contributed by atoms with van der Waals surface area (Å²) in [4.78, 5) is 22.8. The standard InChI is InChI=1S/C13H13NO4/c1-17-13(8-7-11(15)18-13)9-14-12(16)10-5-3-2-4-6-10/h2-8H,9H2,1H3,(H,14,16). The Morgan fingerprint density at radius 3 is 2.67 bits per heavy atom. The Bertz CT molecular complexity index is 483. The van der Waals surface area contributed by atoms with Crippen molar-refractivity contribution in [1.82, 2.24) is 5.32 Å². The van der Waals surface area contributed by atoms with Crippen molar-refractivity contribution >= 4 is 11.9 Å². The minimum absolute atomic E-state index is 0.0689. The van der Waals surface area contributed by atoms with Crippen molar-refractivity contribution in [2.75, 3.05) is 13.7 Å². The van der Waals surface area contributed by atoms with Crippen molar-refractivity contribution < 1.29 is 19.1 Å². The maximum Gasteiger partial charge on any atom is 0.333 e. The predicted octanol–water partition coefficient (Wildman–Crippen LogP) is 0.872. The third-order valence-electron chi connectivity index (χ3n) is 2.62. The molecule has 5 heteroatoms. The number of hydrogen-bond donors (Lipinski definition) is 1. The summed E-state index contributed by atoms with van der Waals surface area (Å²) in [7, 11) is 1.41. The van der Waals surface area contributed by atoms with Gasteiger partial charge in [-0.1, -0.05) is 18.2 Å². The zero-order valence-electron chi connectivity index (χ0n) is 9.88. The average molecular weight is 247 g/mol. The van der Waals surface area contributed by atoms with E-state index in [0.29, 0.717) is 5.56 Å². The van der Waals surface area contributed by atoms with E-state index >= 15 is 0 Å². The largest absolute Gasteiger partial charge is 0.424 e. The third kappa shape index (κ3) is 2.57. The number of methoxy groups -OCH3 is 1. The minimum Gasteiger partial charge on any atom is -0.424 e. The molecule has 0 saturated heterocycles. The second kappa shape index (κ2) is 5.01. The summed E-state index contributed by atoms with van der Waals surface area (Å²) in [5.74, 6) is -1.92. The summed E-state index contributed by atoms with van der Waals surface area (Å²) in [6, 6.07) is 8.78. The van der Waals surface area contributed by atoms with Crippen LogP contribution in [0.5, 0.6) is 0 Å². The number of hydrogen-bond acceptors (Lipinski definition) is 4. The first-order valence-corrected chi connectivity index (χ1v) is 5.46. The van der Waals surface area contributed by atoms with Gasteiger partial charge in [0.25, 0.3) is 11.7 Å². The lowest BCUT2D eigenvalue weighted by Gasteiger charge is -2.24. The maximum atomic E-state index is 11.8. The van der Waals surface area contributed by atoms with E-state index < -0.39 is 11.8 Å². The van der Waals surface area contributed by atoms with Gasteiger partial charge >= 0.3 is 5.97 Å². The van der Waals surface area contributed by atoms with Crippen LogP contribution in [-0.2, 0) is 14.3 Å². The van der Waals surface area contributed by atoms with E-state index in [2.05, 4.69) is 5.32 Å². The second-order valence-corrected chi connectivity index (χ2v) is 3.82. The van der Waals surface area contributed by atoms with E-state index in [1.165, 1.54) is 19.3 Å². The summed E-state index contributed by atoms with van der Waals surface area (Å²) in [6.45, 7) is 0.0689. The summed E-state index contributed by atoms with van der Waals surface area (Å²) in [5.41, 5.74) is 0.539. The normalized spacial score (nSPS) is 21.7. The van der Waals surface area contributed by atoms with Gasteiger partial charge in [0.1, 0.15) is 0 Å². The Morgan fingerprint density at radius 1 is 1.39 bits per heavy atom. The van der Waals surface area contributed by atoms with Gasteiger partial charge in [-0.25, -0.2) is 4.79 Å². The molecular formula is C13H13NO4. The molecule has 1 aliphatic heterocycles. The van der Waals surface area contributed by atoms with Crippen LogP contribution in [0.15, 0.2) is 42.5 Å². The average Bonchev–Trinajstić information content (AvgIpc) is 2.79. The molecule has 1 aromatic carbocycles. The Balaban J connectivity index is 1.98. The van der Waals surface area contributed by atoms with Gasteiger partial charge in [0.05, 0.1) is 6.54 Å². The number of rotatable bonds is 4. The molecule has 1 heterocycles. The van der Waals surface area contributed by atoms with Crippen LogP contribution < -0.4 is 5.32 Å². The fourth-order valence-electron chi connectivity index (χ4n) is 1.61. The Hall–Kier alpha value is -2.14. The van der Waals surface area contributed by atoms with Crippen LogP contribution in [0.2, 0.25) is 0 Å². The molecule has 0 saturated carbocycles. The van der Waals surface area contributed by atoms with Crippen molar-refractivity contribution in [1.29, 1.82) is 0 Å². The molecule has 1 amide bonds. The molecule has 1 unspecified atom stereocenters. The van der Waals surface area contributed by atoms with E-state index in [0.717, 1.165) is 0 Å². The molecule has 0 fully saturated rings. The highest BCUT2D eigenvalue weighted by Gasteiger charge is 2.36.